The molecule has 0 fully saturated rings. The highest BCUT2D eigenvalue weighted by Crippen LogP contribution is 2.36. The molecule has 0 aliphatic carbocycles. The Morgan fingerprint density at radius 1 is 0.909 bits per heavy atom. The van der Waals surface area contributed by atoms with Crippen LogP contribution < -0.4 is 0 Å². The van der Waals surface area contributed by atoms with E-state index >= 15 is 0 Å². The smallest absolute Gasteiger partial charge is 0.246 e. The number of benzene rings is 3. The van der Waals surface area contributed by atoms with Gasteiger partial charge in [-0.2, -0.15) is 0 Å². The van der Waals surface area contributed by atoms with E-state index in [1.807, 2.05) is 30.3 Å². The first-order chi connectivity index (χ1) is 10.6. The van der Waals surface area contributed by atoms with Crippen molar-refractivity contribution in [1.29, 1.82) is 0 Å². The van der Waals surface area contributed by atoms with Crippen LogP contribution in [0.4, 0.5) is 0 Å². The van der Waals surface area contributed by atoms with E-state index in [4.69, 9.17) is 0 Å². The topological polar surface area (TPSA) is 20.3 Å². The second-order valence-corrected chi connectivity index (χ2v) is 6.18. The number of fused-ring (bicyclic) bond motifs is 2. The third kappa shape index (κ3) is 2.53. The molecule has 3 aromatic carbocycles. The van der Waals surface area contributed by atoms with Crippen LogP contribution in [-0.4, -0.2) is 24.9 Å². The van der Waals surface area contributed by atoms with E-state index in [-0.39, 0.29) is 5.91 Å². The Kier molecular flexibility index (Phi) is 3.99. The number of likely N-dealkylation sites (N-methyl/N-ethyl adjacent to an activating group) is 1. The molecule has 0 aliphatic heterocycles. The maximum Gasteiger partial charge on any atom is 0.246 e. The van der Waals surface area contributed by atoms with Gasteiger partial charge in [-0.3, -0.25) is 4.79 Å². The molecule has 0 N–H and O–H groups in total. The minimum absolute atomic E-state index is 0.0175. The molecule has 0 saturated heterocycles. The number of hydrogen-bond donors (Lipinski definition) is 0. The molecule has 0 saturated carbocycles. The largest absolute Gasteiger partial charge is 0.345 e. The second-order valence-electron chi connectivity index (χ2n) is 5.38. The Hall–Kier alpha value is -2.13. The minimum Gasteiger partial charge on any atom is -0.345 e. The van der Waals surface area contributed by atoms with Crippen LogP contribution in [0.5, 0.6) is 0 Å². The number of carbonyl (C=O) groups excluding carboxylic acids is 1. The zero-order valence-electron chi connectivity index (χ0n) is 12.5. The molecule has 3 rings (SSSR count). The summed E-state index contributed by atoms with van der Waals surface area (Å²) < 4.78 is 1.09. The first-order valence-corrected chi connectivity index (χ1v) is 7.87. The Morgan fingerprint density at radius 3 is 1.82 bits per heavy atom. The molecule has 22 heavy (non-hydrogen) atoms. The van der Waals surface area contributed by atoms with Crippen molar-refractivity contribution < 1.29 is 4.79 Å². The number of amides is 1. The van der Waals surface area contributed by atoms with Crippen LogP contribution in [-0.2, 0) is 4.79 Å². The summed E-state index contributed by atoms with van der Waals surface area (Å²) in [6.07, 6.45) is 3.54. The Balaban J connectivity index is 2.34. The van der Waals surface area contributed by atoms with Crippen LogP contribution in [0.3, 0.4) is 0 Å². The van der Waals surface area contributed by atoms with E-state index in [2.05, 4.69) is 40.2 Å². The summed E-state index contributed by atoms with van der Waals surface area (Å²) >= 11 is 3.72. The van der Waals surface area contributed by atoms with Crippen LogP contribution in [0.1, 0.15) is 5.56 Å². The lowest BCUT2D eigenvalue weighted by molar-refractivity contribution is -0.123. The van der Waals surface area contributed by atoms with E-state index in [0.717, 1.165) is 31.6 Å². The molecule has 0 unspecified atom stereocenters. The van der Waals surface area contributed by atoms with Gasteiger partial charge in [-0.05, 0) is 49.1 Å². The molecule has 0 atom stereocenters. The monoisotopic (exact) mass is 353 g/mol. The first kappa shape index (κ1) is 14.8. The quantitative estimate of drug-likeness (QED) is 0.476. The molecular formula is C19H16BrNO. The van der Waals surface area contributed by atoms with Gasteiger partial charge in [-0.25, -0.2) is 0 Å². The fourth-order valence-corrected chi connectivity index (χ4v) is 3.28. The van der Waals surface area contributed by atoms with Gasteiger partial charge in [-0.15, -0.1) is 0 Å². The van der Waals surface area contributed by atoms with E-state index in [9.17, 15) is 4.79 Å². The molecule has 0 heterocycles. The van der Waals surface area contributed by atoms with E-state index in [0.29, 0.717) is 0 Å². The molecule has 1 amide bonds. The standard InChI is InChI=1S/C19H16BrNO/c1-21(2)18(22)12-11-15-13-7-3-5-9-16(13)19(20)17-10-6-4-8-14(15)17/h3-12H,1-2H3/b12-11+. The van der Waals surface area contributed by atoms with E-state index in [1.54, 1.807) is 25.1 Å². The van der Waals surface area contributed by atoms with Gasteiger partial charge in [0.15, 0.2) is 0 Å². The molecule has 2 nitrogen and oxygen atoms in total. The molecule has 3 heteroatoms. The number of carbonyl (C=O) groups is 1. The van der Waals surface area contributed by atoms with Crippen molar-refractivity contribution in [3.63, 3.8) is 0 Å². The normalized spacial score (nSPS) is 11.4. The number of rotatable bonds is 2. The first-order valence-electron chi connectivity index (χ1n) is 7.08. The van der Waals surface area contributed by atoms with Crippen LogP contribution in [0.2, 0.25) is 0 Å². The van der Waals surface area contributed by atoms with Crippen molar-refractivity contribution >= 4 is 49.5 Å². The lowest BCUT2D eigenvalue weighted by Gasteiger charge is -2.11. The summed E-state index contributed by atoms with van der Waals surface area (Å²) in [5.41, 5.74) is 1.07. The van der Waals surface area contributed by atoms with Gasteiger partial charge in [0, 0.05) is 24.6 Å². The maximum absolute atomic E-state index is 11.9. The van der Waals surface area contributed by atoms with Gasteiger partial charge in [0.25, 0.3) is 0 Å². The van der Waals surface area contributed by atoms with Gasteiger partial charge >= 0.3 is 0 Å². The Bertz CT molecular complexity index is 839. The zero-order valence-corrected chi connectivity index (χ0v) is 14.1. The summed E-state index contributed by atoms with van der Waals surface area (Å²) in [5.74, 6) is -0.0175. The maximum atomic E-state index is 11.9. The van der Waals surface area contributed by atoms with E-state index in [1.165, 1.54) is 0 Å². The lowest BCUT2D eigenvalue weighted by atomic mass is 9.96. The lowest BCUT2D eigenvalue weighted by Crippen LogP contribution is -2.18. The fourth-order valence-electron chi connectivity index (χ4n) is 2.59. The average molecular weight is 354 g/mol. The third-order valence-corrected chi connectivity index (χ3v) is 4.60. The molecular weight excluding hydrogens is 338 g/mol. The van der Waals surface area contributed by atoms with Gasteiger partial charge < -0.3 is 4.90 Å². The van der Waals surface area contributed by atoms with Gasteiger partial charge in [0.2, 0.25) is 5.91 Å². The van der Waals surface area contributed by atoms with Gasteiger partial charge in [0.1, 0.15) is 0 Å². The van der Waals surface area contributed by atoms with Crippen molar-refractivity contribution in [2.75, 3.05) is 14.1 Å². The molecule has 0 aromatic heterocycles. The predicted octanol–water partition coefficient (Wildman–Crippen LogP) is 4.86. The van der Waals surface area contributed by atoms with Crippen molar-refractivity contribution in [2.45, 2.75) is 0 Å². The Labute approximate surface area is 138 Å². The van der Waals surface area contributed by atoms with Crippen molar-refractivity contribution in [2.24, 2.45) is 0 Å². The van der Waals surface area contributed by atoms with Crippen molar-refractivity contribution in [1.82, 2.24) is 4.90 Å². The molecule has 110 valence electrons. The average Bonchev–Trinajstić information content (AvgIpc) is 2.54. The molecule has 0 spiro atoms. The highest BCUT2D eigenvalue weighted by molar-refractivity contribution is 9.10. The Morgan fingerprint density at radius 2 is 1.36 bits per heavy atom. The van der Waals surface area contributed by atoms with Crippen LogP contribution >= 0.6 is 15.9 Å². The van der Waals surface area contributed by atoms with Crippen molar-refractivity contribution in [3.05, 3.63) is 64.6 Å². The highest BCUT2D eigenvalue weighted by atomic mass is 79.9. The van der Waals surface area contributed by atoms with Gasteiger partial charge in [0.05, 0.1) is 0 Å². The summed E-state index contributed by atoms with van der Waals surface area (Å²) in [4.78, 5) is 13.5. The summed E-state index contributed by atoms with van der Waals surface area (Å²) in [7, 11) is 3.51. The summed E-state index contributed by atoms with van der Waals surface area (Å²) in [5, 5.41) is 4.57. The van der Waals surface area contributed by atoms with Crippen LogP contribution in [0.15, 0.2) is 59.1 Å². The SMILES string of the molecule is CN(C)C(=O)/C=C/c1c2ccccc2c(Br)c2ccccc12. The molecule has 0 radical (unpaired) electrons. The zero-order chi connectivity index (χ0) is 15.7. The molecule has 3 aromatic rings. The van der Waals surface area contributed by atoms with E-state index < -0.39 is 0 Å². The fraction of sp³-hybridized carbons (Fsp3) is 0.105. The third-order valence-electron chi connectivity index (χ3n) is 3.74. The van der Waals surface area contributed by atoms with Crippen molar-refractivity contribution in [3.8, 4) is 0 Å². The second kappa shape index (κ2) is 5.93. The number of hydrogen-bond acceptors (Lipinski definition) is 1. The predicted molar refractivity (Wildman–Crippen MR) is 96.9 cm³/mol. The number of nitrogens with zero attached hydrogens (tertiary/aromatic N) is 1. The molecule has 0 bridgehead atoms. The minimum atomic E-state index is -0.0175. The van der Waals surface area contributed by atoms with Gasteiger partial charge in [-0.1, -0.05) is 48.5 Å². The number of halogens is 1. The van der Waals surface area contributed by atoms with Crippen LogP contribution in [0.25, 0.3) is 27.6 Å². The summed E-state index contributed by atoms with van der Waals surface area (Å²) in [6.45, 7) is 0. The van der Waals surface area contributed by atoms with Crippen LogP contribution in [0, 0.1) is 0 Å². The summed E-state index contributed by atoms with van der Waals surface area (Å²) in [6, 6.07) is 16.5. The highest BCUT2D eigenvalue weighted by Gasteiger charge is 2.10. The molecule has 0 aliphatic rings.